The number of hydrogen-bond donors (Lipinski definition) is 2. The van der Waals surface area contributed by atoms with Gasteiger partial charge in [-0.2, -0.15) is 4.98 Å². The Morgan fingerprint density at radius 2 is 2.26 bits per heavy atom. The van der Waals surface area contributed by atoms with Crippen LogP contribution in [0.25, 0.3) is 0 Å². The van der Waals surface area contributed by atoms with Gasteiger partial charge in [0.15, 0.2) is 0 Å². The van der Waals surface area contributed by atoms with Gasteiger partial charge < -0.3 is 15.4 Å². The van der Waals surface area contributed by atoms with E-state index in [0.29, 0.717) is 12.1 Å². The van der Waals surface area contributed by atoms with E-state index >= 15 is 0 Å². The van der Waals surface area contributed by atoms with E-state index in [2.05, 4.69) is 27.5 Å². The Kier molecular flexibility index (Phi) is 5.39. The molecule has 0 bridgehead atoms. The van der Waals surface area contributed by atoms with Gasteiger partial charge in [0.25, 0.3) is 0 Å². The zero-order valence-electron chi connectivity index (χ0n) is 11.9. The highest BCUT2D eigenvalue weighted by Crippen LogP contribution is 2.16. The monoisotopic (exact) mass is 264 g/mol. The van der Waals surface area contributed by atoms with Crippen molar-refractivity contribution < 1.29 is 4.74 Å². The molecule has 1 aliphatic heterocycles. The average Bonchev–Trinajstić information content (AvgIpc) is 2.46. The first kappa shape index (κ1) is 14.1. The third kappa shape index (κ3) is 4.35. The molecule has 1 aromatic heterocycles. The van der Waals surface area contributed by atoms with Gasteiger partial charge in [-0.25, -0.2) is 4.98 Å². The molecule has 1 saturated heterocycles. The summed E-state index contributed by atoms with van der Waals surface area (Å²) in [5.41, 5.74) is 1.07. The summed E-state index contributed by atoms with van der Waals surface area (Å²) in [5, 5.41) is 6.59. The van der Waals surface area contributed by atoms with Crippen LogP contribution in [0.2, 0.25) is 0 Å². The molecule has 0 spiro atoms. The van der Waals surface area contributed by atoms with Crippen molar-refractivity contribution in [2.45, 2.75) is 45.6 Å². The van der Waals surface area contributed by atoms with Crippen molar-refractivity contribution in [3.8, 4) is 0 Å². The molecule has 5 heteroatoms. The summed E-state index contributed by atoms with van der Waals surface area (Å²) in [7, 11) is 0. The van der Waals surface area contributed by atoms with E-state index in [1.165, 1.54) is 12.8 Å². The highest BCUT2D eigenvalue weighted by atomic mass is 16.5. The van der Waals surface area contributed by atoms with Gasteiger partial charge >= 0.3 is 0 Å². The summed E-state index contributed by atoms with van der Waals surface area (Å²) in [6.45, 7) is 6.76. The van der Waals surface area contributed by atoms with Crippen LogP contribution >= 0.6 is 0 Å². The maximum atomic E-state index is 5.71. The summed E-state index contributed by atoms with van der Waals surface area (Å²) in [4.78, 5) is 8.78. The Balaban J connectivity index is 1.90. The average molecular weight is 264 g/mol. The first-order chi connectivity index (χ1) is 9.29. The Hall–Kier alpha value is -1.36. The second-order valence-corrected chi connectivity index (χ2v) is 5.02. The number of nitrogens with zero attached hydrogens (tertiary/aromatic N) is 2. The van der Waals surface area contributed by atoms with Crippen LogP contribution in [0.1, 0.15) is 38.2 Å². The summed E-state index contributed by atoms with van der Waals surface area (Å²) < 4.78 is 5.71. The number of anilines is 2. The van der Waals surface area contributed by atoms with Crippen LogP contribution < -0.4 is 10.6 Å². The van der Waals surface area contributed by atoms with Gasteiger partial charge in [-0.1, -0.05) is 6.92 Å². The fraction of sp³-hybridized carbons (Fsp3) is 0.714. The van der Waals surface area contributed by atoms with E-state index < -0.39 is 0 Å². The molecular weight excluding hydrogens is 240 g/mol. The van der Waals surface area contributed by atoms with E-state index in [-0.39, 0.29) is 0 Å². The van der Waals surface area contributed by atoms with Gasteiger partial charge in [0.1, 0.15) is 5.82 Å². The number of nitrogens with one attached hydrogen (secondary N) is 2. The largest absolute Gasteiger partial charge is 0.376 e. The molecule has 0 aliphatic carbocycles. The maximum absolute atomic E-state index is 5.71. The first-order valence-electron chi connectivity index (χ1n) is 7.22. The smallest absolute Gasteiger partial charge is 0.224 e. The molecular formula is C14H24N4O. The molecule has 19 heavy (non-hydrogen) atoms. The SMILES string of the molecule is CCCNc1ncc(C)c(NCC2CCCCO2)n1. The van der Waals surface area contributed by atoms with Crippen LogP contribution in [0.15, 0.2) is 6.20 Å². The molecule has 1 unspecified atom stereocenters. The third-order valence-electron chi connectivity index (χ3n) is 3.28. The van der Waals surface area contributed by atoms with Crippen LogP contribution in [0, 0.1) is 6.92 Å². The number of hydrogen-bond acceptors (Lipinski definition) is 5. The van der Waals surface area contributed by atoms with Gasteiger partial charge in [0.2, 0.25) is 5.95 Å². The normalized spacial score (nSPS) is 19.2. The van der Waals surface area contributed by atoms with Crippen LogP contribution in [-0.2, 0) is 4.74 Å². The van der Waals surface area contributed by atoms with Crippen LogP contribution in [-0.4, -0.2) is 35.8 Å². The minimum atomic E-state index is 0.315. The number of aryl methyl sites for hydroxylation is 1. The summed E-state index contributed by atoms with van der Waals surface area (Å²) in [6, 6.07) is 0. The van der Waals surface area contributed by atoms with E-state index in [0.717, 1.165) is 43.9 Å². The molecule has 2 N–H and O–H groups in total. The van der Waals surface area contributed by atoms with E-state index in [4.69, 9.17) is 4.74 Å². The van der Waals surface area contributed by atoms with Crippen molar-refractivity contribution in [3.05, 3.63) is 11.8 Å². The fourth-order valence-corrected chi connectivity index (χ4v) is 2.12. The maximum Gasteiger partial charge on any atom is 0.224 e. The minimum absolute atomic E-state index is 0.315. The fourth-order valence-electron chi connectivity index (χ4n) is 2.12. The highest BCUT2D eigenvalue weighted by Gasteiger charge is 2.14. The Morgan fingerprint density at radius 1 is 1.37 bits per heavy atom. The predicted octanol–water partition coefficient (Wildman–Crippen LogP) is 2.59. The lowest BCUT2D eigenvalue weighted by atomic mass is 10.1. The summed E-state index contributed by atoms with van der Waals surface area (Å²) in [6.07, 6.45) is 6.82. The lowest BCUT2D eigenvalue weighted by Gasteiger charge is -2.23. The molecule has 1 aliphatic rings. The predicted molar refractivity (Wildman–Crippen MR) is 77.6 cm³/mol. The Bertz CT molecular complexity index is 391. The molecule has 2 heterocycles. The minimum Gasteiger partial charge on any atom is -0.376 e. The molecule has 5 nitrogen and oxygen atoms in total. The zero-order valence-corrected chi connectivity index (χ0v) is 11.9. The Labute approximate surface area is 115 Å². The molecule has 0 aromatic carbocycles. The number of rotatable bonds is 6. The van der Waals surface area contributed by atoms with Crippen molar-refractivity contribution in [2.24, 2.45) is 0 Å². The van der Waals surface area contributed by atoms with Crippen molar-refractivity contribution in [2.75, 3.05) is 30.3 Å². The molecule has 0 saturated carbocycles. The zero-order chi connectivity index (χ0) is 13.5. The van der Waals surface area contributed by atoms with Crippen LogP contribution in [0.3, 0.4) is 0 Å². The van der Waals surface area contributed by atoms with Gasteiger partial charge in [-0.3, -0.25) is 0 Å². The molecule has 1 aromatic rings. The standard InChI is InChI=1S/C14H24N4O/c1-3-7-15-14-17-9-11(2)13(18-14)16-10-12-6-4-5-8-19-12/h9,12H,3-8,10H2,1-2H3,(H2,15,16,17,18). The van der Waals surface area contributed by atoms with Crippen LogP contribution in [0.5, 0.6) is 0 Å². The van der Waals surface area contributed by atoms with Gasteiger partial charge in [-0.05, 0) is 32.6 Å². The van der Waals surface area contributed by atoms with Crippen molar-refractivity contribution in [3.63, 3.8) is 0 Å². The molecule has 106 valence electrons. The van der Waals surface area contributed by atoms with Gasteiger partial charge in [0.05, 0.1) is 6.10 Å². The second-order valence-electron chi connectivity index (χ2n) is 5.02. The molecule has 1 fully saturated rings. The van der Waals surface area contributed by atoms with Gasteiger partial charge in [-0.15, -0.1) is 0 Å². The van der Waals surface area contributed by atoms with Gasteiger partial charge in [0, 0.05) is 31.5 Å². The Morgan fingerprint density at radius 3 is 3.00 bits per heavy atom. The van der Waals surface area contributed by atoms with Crippen molar-refractivity contribution >= 4 is 11.8 Å². The highest BCUT2D eigenvalue weighted by molar-refractivity contribution is 5.46. The van der Waals surface area contributed by atoms with Crippen LogP contribution in [0.4, 0.5) is 11.8 Å². The molecule has 2 rings (SSSR count). The summed E-state index contributed by atoms with van der Waals surface area (Å²) in [5.74, 6) is 1.60. The number of ether oxygens (including phenoxy) is 1. The van der Waals surface area contributed by atoms with Crippen molar-refractivity contribution in [1.82, 2.24) is 9.97 Å². The van der Waals surface area contributed by atoms with E-state index in [9.17, 15) is 0 Å². The molecule has 0 radical (unpaired) electrons. The summed E-state index contributed by atoms with van der Waals surface area (Å²) >= 11 is 0. The quantitative estimate of drug-likeness (QED) is 0.827. The lowest BCUT2D eigenvalue weighted by Crippen LogP contribution is -2.27. The molecule has 0 amide bonds. The number of aromatic nitrogens is 2. The molecule has 1 atom stereocenters. The lowest BCUT2D eigenvalue weighted by molar-refractivity contribution is 0.0247. The second kappa shape index (κ2) is 7.28. The van der Waals surface area contributed by atoms with E-state index in [1.54, 1.807) is 0 Å². The van der Waals surface area contributed by atoms with Crippen molar-refractivity contribution in [1.29, 1.82) is 0 Å². The van der Waals surface area contributed by atoms with E-state index in [1.807, 2.05) is 13.1 Å². The third-order valence-corrected chi connectivity index (χ3v) is 3.28. The first-order valence-corrected chi connectivity index (χ1v) is 7.22. The topological polar surface area (TPSA) is 59.1 Å².